The van der Waals surface area contributed by atoms with Crippen LogP contribution in [0.25, 0.3) is 0 Å². The predicted molar refractivity (Wildman–Crippen MR) is 78.5 cm³/mol. The fraction of sp³-hybridized carbons (Fsp3) is 0.857. The van der Waals surface area contributed by atoms with Crippen molar-refractivity contribution < 1.29 is 17.6 Å². The van der Waals surface area contributed by atoms with Crippen LogP contribution < -0.4 is 4.90 Å². The molecule has 1 aromatic heterocycles. The normalized spacial score (nSPS) is 29.9. The van der Waals surface area contributed by atoms with Crippen molar-refractivity contribution in [1.82, 2.24) is 10.2 Å². The average molecular weight is 327 g/mol. The van der Waals surface area contributed by atoms with E-state index in [1.54, 1.807) is 0 Å². The first-order valence-electron chi connectivity index (χ1n) is 8.11. The maximum atomic E-state index is 12.6. The van der Waals surface area contributed by atoms with Crippen molar-refractivity contribution in [1.29, 1.82) is 0 Å². The molecule has 22 heavy (non-hydrogen) atoms. The number of rotatable bonds is 3. The fourth-order valence-electron chi connectivity index (χ4n) is 3.73. The van der Waals surface area contributed by atoms with Crippen LogP contribution in [0.3, 0.4) is 0 Å². The molecule has 2 unspecified atom stereocenters. The Kier molecular flexibility index (Phi) is 3.60. The largest absolute Gasteiger partial charge is 0.394 e. The molecule has 0 aromatic carbocycles. The van der Waals surface area contributed by atoms with Crippen LogP contribution >= 0.6 is 0 Å². The summed E-state index contributed by atoms with van der Waals surface area (Å²) in [6.07, 6.45) is 6.90. The monoisotopic (exact) mass is 327 g/mol. The highest BCUT2D eigenvalue weighted by molar-refractivity contribution is 7.91. The number of aromatic nitrogens is 2. The van der Waals surface area contributed by atoms with E-state index in [-0.39, 0.29) is 22.7 Å². The van der Waals surface area contributed by atoms with E-state index in [0.717, 1.165) is 32.1 Å². The summed E-state index contributed by atoms with van der Waals surface area (Å²) in [4.78, 5) is 1.96. The number of hydrogen-bond acceptors (Lipinski definition) is 7. The van der Waals surface area contributed by atoms with Gasteiger partial charge < -0.3 is 14.1 Å². The molecule has 1 aromatic rings. The summed E-state index contributed by atoms with van der Waals surface area (Å²) in [5.74, 6) is 0. The fourth-order valence-corrected chi connectivity index (χ4v) is 5.32. The Morgan fingerprint density at radius 3 is 2.32 bits per heavy atom. The number of hydrogen-bond donors (Lipinski definition) is 0. The minimum Gasteiger partial charge on any atom is -0.394 e. The summed E-state index contributed by atoms with van der Waals surface area (Å²) in [6.45, 7) is 1.39. The number of anilines is 1. The van der Waals surface area contributed by atoms with Crippen molar-refractivity contribution in [2.45, 2.75) is 67.6 Å². The molecule has 2 aliphatic heterocycles. The highest BCUT2D eigenvalue weighted by atomic mass is 32.2. The Morgan fingerprint density at radius 1 is 0.955 bits per heavy atom. The molecule has 2 atom stereocenters. The minimum atomic E-state index is -3.49. The van der Waals surface area contributed by atoms with Gasteiger partial charge in [-0.2, -0.15) is 0 Å². The lowest BCUT2D eigenvalue weighted by molar-refractivity contribution is 0.0285. The molecule has 2 saturated heterocycles. The summed E-state index contributed by atoms with van der Waals surface area (Å²) in [6, 6.07) is 0.314. The number of fused-ring (bicyclic) bond motifs is 2. The molecular weight excluding hydrogens is 306 g/mol. The number of ether oxygens (including phenoxy) is 1. The average Bonchev–Trinajstić information content (AvgIpc) is 3.15. The van der Waals surface area contributed by atoms with Gasteiger partial charge in [-0.3, -0.25) is 0 Å². The highest BCUT2D eigenvalue weighted by Crippen LogP contribution is 2.32. The molecule has 0 N–H and O–H groups in total. The van der Waals surface area contributed by atoms with Crippen LogP contribution in [-0.2, 0) is 14.6 Å². The molecule has 0 radical (unpaired) electrons. The van der Waals surface area contributed by atoms with Gasteiger partial charge in [0, 0.05) is 13.1 Å². The standard InChI is InChI=1S/C14H21N3O4S/c18-22(19,12-4-2-1-3-5-12)14-16-15-13(21-14)17-8-10-6-7-11(9-17)20-10/h10-12H,1-9H2. The number of morpholine rings is 1. The first kappa shape index (κ1) is 14.4. The van der Waals surface area contributed by atoms with Gasteiger partial charge in [0.15, 0.2) is 0 Å². The molecule has 3 aliphatic rings. The Morgan fingerprint density at radius 2 is 1.64 bits per heavy atom. The van der Waals surface area contributed by atoms with Crippen LogP contribution in [0.4, 0.5) is 6.01 Å². The lowest BCUT2D eigenvalue weighted by Gasteiger charge is -2.30. The maximum absolute atomic E-state index is 12.6. The Hall–Kier alpha value is -1.15. The van der Waals surface area contributed by atoms with E-state index in [2.05, 4.69) is 10.2 Å². The molecule has 122 valence electrons. The summed E-state index contributed by atoms with van der Waals surface area (Å²) in [5, 5.41) is 7.21. The zero-order valence-electron chi connectivity index (χ0n) is 12.5. The van der Waals surface area contributed by atoms with E-state index in [9.17, 15) is 8.42 Å². The summed E-state index contributed by atoms with van der Waals surface area (Å²) >= 11 is 0. The Bertz CT molecular complexity index is 626. The van der Waals surface area contributed by atoms with Gasteiger partial charge in [-0.25, -0.2) is 8.42 Å². The molecule has 8 heteroatoms. The van der Waals surface area contributed by atoms with Crippen molar-refractivity contribution in [3.63, 3.8) is 0 Å². The molecule has 4 rings (SSSR count). The SMILES string of the molecule is O=S(=O)(c1nnc(N2CC3CCC(C2)O3)o1)C1CCCCC1. The first-order chi connectivity index (χ1) is 10.6. The smallest absolute Gasteiger partial charge is 0.337 e. The molecule has 0 spiro atoms. The van der Waals surface area contributed by atoms with E-state index in [0.29, 0.717) is 31.9 Å². The minimum absolute atomic E-state index is 0.198. The Balaban J connectivity index is 1.53. The summed E-state index contributed by atoms with van der Waals surface area (Å²) < 4.78 is 36.5. The second-order valence-corrected chi connectivity index (χ2v) is 8.62. The predicted octanol–water partition coefficient (Wildman–Crippen LogP) is 1.54. The van der Waals surface area contributed by atoms with Gasteiger partial charge in [0.2, 0.25) is 9.84 Å². The molecule has 2 bridgehead atoms. The van der Waals surface area contributed by atoms with E-state index in [1.165, 1.54) is 0 Å². The lowest BCUT2D eigenvalue weighted by atomic mass is 10.0. The quantitative estimate of drug-likeness (QED) is 0.832. The van der Waals surface area contributed by atoms with E-state index in [1.807, 2.05) is 4.90 Å². The molecule has 1 aliphatic carbocycles. The third kappa shape index (κ3) is 2.52. The van der Waals surface area contributed by atoms with Crippen LogP contribution in [0, 0.1) is 0 Å². The Labute approximate surface area is 129 Å². The van der Waals surface area contributed by atoms with Crippen molar-refractivity contribution in [3.8, 4) is 0 Å². The molecule has 3 fully saturated rings. The van der Waals surface area contributed by atoms with Crippen molar-refractivity contribution in [2.75, 3.05) is 18.0 Å². The molecule has 1 saturated carbocycles. The molecule has 0 amide bonds. The first-order valence-corrected chi connectivity index (χ1v) is 9.65. The van der Waals surface area contributed by atoms with Gasteiger partial charge in [0.25, 0.3) is 0 Å². The lowest BCUT2D eigenvalue weighted by Crippen LogP contribution is -2.42. The third-order valence-corrected chi connectivity index (χ3v) is 6.95. The second kappa shape index (κ2) is 5.49. The molecule has 3 heterocycles. The van der Waals surface area contributed by atoms with Gasteiger partial charge in [-0.1, -0.05) is 29.5 Å². The van der Waals surface area contributed by atoms with E-state index >= 15 is 0 Å². The van der Waals surface area contributed by atoms with Crippen LogP contribution in [-0.4, -0.2) is 49.2 Å². The van der Waals surface area contributed by atoms with Crippen LogP contribution in [0.15, 0.2) is 9.64 Å². The van der Waals surface area contributed by atoms with Gasteiger partial charge >= 0.3 is 11.2 Å². The summed E-state index contributed by atoms with van der Waals surface area (Å²) in [5.41, 5.74) is 0. The number of sulfone groups is 1. The van der Waals surface area contributed by atoms with Gasteiger partial charge in [0.05, 0.1) is 17.5 Å². The highest BCUT2D eigenvalue weighted by Gasteiger charge is 2.38. The van der Waals surface area contributed by atoms with Gasteiger partial charge in [-0.05, 0) is 25.7 Å². The topological polar surface area (TPSA) is 85.5 Å². The summed E-state index contributed by atoms with van der Waals surface area (Å²) in [7, 11) is -3.49. The zero-order chi connectivity index (χ0) is 15.2. The van der Waals surface area contributed by atoms with Crippen LogP contribution in [0.2, 0.25) is 0 Å². The van der Waals surface area contributed by atoms with Gasteiger partial charge in [-0.15, -0.1) is 0 Å². The van der Waals surface area contributed by atoms with Crippen LogP contribution in [0.5, 0.6) is 0 Å². The van der Waals surface area contributed by atoms with Gasteiger partial charge in [0.1, 0.15) is 0 Å². The van der Waals surface area contributed by atoms with E-state index < -0.39 is 9.84 Å². The maximum Gasteiger partial charge on any atom is 0.337 e. The zero-order valence-corrected chi connectivity index (χ0v) is 13.3. The number of nitrogens with zero attached hydrogens (tertiary/aromatic N) is 3. The van der Waals surface area contributed by atoms with E-state index in [4.69, 9.17) is 9.15 Å². The second-order valence-electron chi connectivity index (χ2n) is 6.52. The third-order valence-electron chi connectivity index (χ3n) is 4.94. The molecule has 7 nitrogen and oxygen atoms in total. The molecular formula is C14H21N3O4S. The van der Waals surface area contributed by atoms with Crippen molar-refractivity contribution in [3.05, 3.63) is 0 Å². The van der Waals surface area contributed by atoms with Crippen LogP contribution in [0.1, 0.15) is 44.9 Å². The van der Waals surface area contributed by atoms with Crippen molar-refractivity contribution in [2.24, 2.45) is 0 Å². The van der Waals surface area contributed by atoms with Crippen molar-refractivity contribution >= 4 is 15.9 Å².